The summed E-state index contributed by atoms with van der Waals surface area (Å²) in [5.41, 5.74) is 3.09. The zero-order chi connectivity index (χ0) is 28.9. The lowest BCUT2D eigenvalue weighted by atomic mass is 9.47. The summed E-state index contributed by atoms with van der Waals surface area (Å²) in [5, 5.41) is 0. The van der Waals surface area contributed by atoms with E-state index in [1.165, 1.54) is 74.8 Å². The third-order valence-corrected chi connectivity index (χ3v) is 12.5. The summed E-state index contributed by atoms with van der Waals surface area (Å²) in [7, 11) is 0. The summed E-state index contributed by atoms with van der Waals surface area (Å²) in [6, 6.07) is 7.43. The van der Waals surface area contributed by atoms with Gasteiger partial charge in [-0.3, -0.25) is 9.59 Å². The Labute approximate surface area is 248 Å². The molecule has 1 aromatic rings. The van der Waals surface area contributed by atoms with Crippen molar-refractivity contribution in [2.45, 2.75) is 111 Å². The first-order valence-corrected chi connectivity index (χ1v) is 16.6. The Balaban J connectivity index is 1.10. The van der Waals surface area contributed by atoms with Crippen LogP contribution in [0.2, 0.25) is 0 Å². The van der Waals surface area contributed by atoms with Crippen LogP contribution >= 0.6 is 0 Å². The van der Waals surface area contributed by atoms with Crippen LogP contribution in [0.3, 0.4) is 0 Å². The van der Waals surface area contributed by atoms with E-state index in [4.69, 9.17) is 4.74 Å². The van der Waals surface area contributed by atoms with Gasteiger partial charge in [0.05, 0.1) is 5.69 Å². The summed E-state index contributed by atoms with van der Waals surface area (Å²) in [6.07, 6.45) is 20.0. The number of anilines is 1. The van der Waals surface area contributed by atoms with Crippen LogP contribution in [0.25, 0.3) is 0 Å². The third-order valence-electron chi connectivity index (χ3n) is 12.5. The van der Waals surface area contributed by atoms with E-state index in [9.17, 15) is 9.59 Å². The molecular formula is C37H51NO3. The van der Waals surface area contributed by atoms with Gasteiger partial charge in [-0.05, 0) is 116 Å². The average Bonchev–Trinajstić information content (AvgIpc) is 3.47. The monoisotopic (exact) mass is 557 g/mol. The SMILES string of the molecule is CC(C)CCC[C@@H](C)[C@H]1CC[C@H]2[C@@H]3CC=C4C[C@@H](Oc5ccc(N6C(=O)C=CC6=O)cc5)CC[C@]4(C)[C@H]3CC[C@]12C. The summed E-state index contributed by atoms with van der Waals surface area (Å²) in [6.45, 7) is 12.6. The van der Waals surface area contributed by atoms with Crippen molar-refractivity contribution in [2.75, 3.05) is 4.90 Å². The molecule has 5 aliphatic rings. The van der Waals surface area contributed by atoms with Gasteiger partial charge < -0.3 is 4.74 Å². The van der Waals surface area contributed by atoms with Crippen molar-refractivity contribution >= 4 is 17.5 Å². The fourth-order valence-corrected chi connectivity index (χ4v) is 10.3. The van der Waals surface area contributed by atoms with Crippen LogP contribution in [-0.4, -0.2) is 17.9 Å². The molecule has 1 aliphatic heterocycles. The standard InChI is InChI=1S/C37H51NO3/c1-24(2)7-6-8-25(3)31-15-16-32-30-14-9-26-23-29(19-21-36(26,4)33(30)20-22-37(31,32)5)41-28-12-10-27(11-13-28)38-34(39)17-18-35(38)40/h9-13,17-18,24-25,29-33H,6-8,14-16,19-23H2,1-5H3/t25-,29+,30+,31-,32+,33+,36+,37-/m1/s1. The highest BCUT2D eigenvalue weighted by atomic mass is 16.5. The minimum atomic E-state index is -0.287. The van der Waals surface area contributed by atoms with E-state index in [2.05, 4.69) is 40.7 Å². The molecule has 1 heterocycles. The number of nitrogens with zero attached hydrogens (tertiary/aromatic N) is 1. The normalized spacial score (nSPS) is 37.1. The molecule has 8 atom stereocenters. The molecule has 4 heteroatoms. The van der Waals surface area contributed by atoms with Crippen LogP contribution in [-0.2, 0) is 9.59 Å². The van der Waals surface area contributed by atoms with Gasteiger partial charge in [-0.2, -0.15) is 0 Å². The molecule has 6 rings (SSSR count). The van der Waals surface area contributed by atoms with Gasteiger partial charge >= 0.3 is 0 Å². The minimum Gasteiger partial charge on any atom is -0.490 e. The lowest BCUT2D eigenvalue weighted by Crippen LogP contribution is -2.51. The van der Waals surface area contributed by atoms with Crippen molar-refractivity contribution in [1.82, 2.24) is 0 Å². The van der Waals surface area contributed by atoms with E-state index in [1.54, 1.807) is 5.57 Å². The van der Waals surface area contributed by atoms with Crippen LogP contribution in [0.15, 0.2) is 48.1 Å². The van der Waals surface area contributed by atoms with Gasteiger partial charge in [0.25, 0.3) is 11.8 Å². The second-order valence-electron chi connectivity index (χ2n) is 15.1. The third kappa shape index (κ3) is 5.12. The molecule has 1 aromatic carbocycles. The number of benzene rings is 1. The highest BCUT2D eigenvalue weighted by Gasteiger charge is 2.59. The van der Waals surface area contributed by atoms with E-state index in [0.717, 1.165) is 54.1 Å². The first kappa shape index (κ1) is 28.7. The number of hydrogen-bond acceptors (Lipinski definition) is 3. The van der Waals surface area contributed by atoms with Gasteiger partial charge in [0.2, 0.25) is 0 Å². The number of imide groups is 1. The molecule has 4 nitrogen and oxygen atoms in total. The van der Waals surface area contributed by atoms with E-state index in [0.29, 0.717) is 16.5 Å². The Morgan fingerprint density at radius 2 is 1.63 bits per heavy atom. The maximum Gasteiger partial charge on any atom is 0.258 e. The van der Waals surface area contributed by atoms with Crippen LogP contribution in [0.1, 0.15) is 105 Å². The van der Waals surface area contributed by atoms with E-state index in [1.807, 2.05) is 24.3 Å². The van der Waals surface area contributed by atoms with Gasteiger partial charge in [-0.25, -0.2) is 4.90 Å². The quantitative estimate of drug-likeness (QED) is 0.237. The van der Waals surface area contributed by atoms with Crippen LogP contribution < -0.4 is 9.64 Å². The second kappa shape index (κ2) is 11.0. The highest BCUT2D eigenvalue weighted by Crippen LogP contribution is 2.67. The Hall–Kier alpha value is -2.36. The number of fused-ring (bicyclic) bond motifs is 5. The Kier molecular flexibility index (Phi) is 7.74. The van der Waals surface area contributed by atoms with Crippen molar-refractivity contribution in [3.05, 3.63) is 48.1 Å². The zero-order valence-electron chi connectivity index (χ0n) is 26.0. The number of carbonyl (C=O) groups excluding carboxylic acids is 2. The molecule has 0 radical (unpaired) electrons. The maximum atomic E-state index is 12.0. The first-order valence-electron chi connectivity index (χ1n) is 16.6. The molecule has 0 saturated heterocycles. The molecule has 0 aromatic heterocycles. The van der Waals surface area contributed by atoms with Crippen molar-refractivity contribution in [1.29, 1.82) is 0 Å². The number of rotatable bonds is 8. The van der Waals surface area contributed by atoms with Gasteiger partial charge in [0.1, 0.15) is 11.9 Å². The minimum absolute atomic E-state index is 0.185. The average molecular weight is 558 g/mol. The molecule has 0 bridgehead atoms. The number of hydrogen-bond donors (Lipinski definition) is 0. The highest BCUT2D eigenvalue weighted by molar-refractivity contribution is 6.28. The van der Waals surface area contributed by atoms with E-state index in [-0.39, 0.29) is 17.9 Å². The van der Waals surface area contributed by atoms with Crippen molar-refractivity contribution < 1.29 is 14.3 Å². The summed E-state index contributed by atoms with van der Waals surface area (Å²) in [4.78, 5) is 25.2. The predicted octanol–water partition coefficient (Wildman–Crippen LogP) is 8.90. The fraction of sp³-hybridized carbons (Fsp3) is 0.676. The molecule has 222 valence electrons. The summed E-state index contributed by atoms with van der Waals surface area (Å²) >= 11 is 0. The molecule has 3 fully saturated rings. The van der Waals surface area contributed by atoms with Gasteiger partial charge in [-0.15, -0.1) is 0 Å². The van der Waals surface area contributed by atoms with Gasteiger partial charge in [0, 0.05) is 18.6 Å². The Morgan fingerprint density at radius 3 is 2.34 bits per heavy atom. The first-order chi connectivity index (χ1) is 19.6. The predicted molar refractivity (Wildman–Crippen MR) is 166 cm³/mol. The number of carbonyl (C=O) groups is 2. The van der Waals surface area contributed by atoms with Crippen LogP contribution in [0.5, 0.6) is 5.75 Å². The smallest absolute Gasteiger partial charge is 0.258 e. The summed E-state index contributed by atoms with van der Waals surface area (Å²) in [5.74, 6) is 5.40. The molecule has 0 unspecified atom stereocenters. The number of amides is 2. The van der Waals surface area contributed by atoms with E-state index >= 15 is 0 Å². The topological polar surface area (TPSA) is 46.6 Å². The van der Waals surface area contributed by atoms with Crippen molar-refractivity contribution in [2.24, 2.45) is 46.3 Å². The molecule has 4 aliphatic carbocycles. The molecule has 3 saturated carbocycles. The van der Waals surface area contributed by atoms with Crippen LogP contribution in [0.4, 0.5) is 5.69 Å². The Bertz CT molecular complexity index is 1200. The van der Waals surface area contributed by atoms with Crippen molar-refractivity contribution in [3.63, 3.8) is 0 Å². The lowest BCUT2D eigenvalue weighted by Gasteiger charge is -2.58. The molecular weight excluding hydrogens is 506 g/mol. The largest absolute Gasteiger partial charge is 0.490 e. The fourth-order valence-electron chi connectivity index (χ4n) is 10.3. The molecule has 2 amide bonds. The lowest BCUT2D eigenvalue weighted by molar-refractivity contribution is -0.119. The van der Waals surface area contributed by atoms with Gasteiger partial charge in [0.15, 0.2) is 0 Å². The molecule has 0 N–H and O–H groups in total. The number of allylic oxidation sites excluding steroid dienone is 1. The van der Waals surface area contributed by atoms with Crippen molar-refractivity contribution in [3.8, 4) is 5.75 Å². The van der Waals surface area contributed by atoms with Gasteiger partial charge in [-0.1, -0.05) is 65.5 Å². The number of ether oxygens (including phenoxy) is 1. The molecule has 0 spiro atoms. The summed E-state index contributed by atoms with van der Waals surface area (Å²) < 4.78 is 6.48. The maximum absolute atomic E-state index is 12.0. The van der Waals surface area contributed by atoms with Crippen LogP contribution in [0, 0.1) is 46.3 Å². The Morgan fingerprint density at radius 1 is 0.902 bits per heavy atom. The zero-order valence-corrected chi connectivity index (χ0v) is 26.0. The van der Waals surface area contributed by atoms with E-state index < -0.39 is 0 Å². The molecule has 41 heavy (non-hydrogen) atoms. The second-order valence-corrected chi connectivity index (χ2v) is 15.1.